The van der Waals surface area contributed by atoms with Crippen LogP contribution in [-0.2, 0) is 11.4 Å². The first-order valence-corrected chi connectivity index (χ1v) is 12.5. The highest BCUT2D eigenvalue weighted by molar-refractivity contribution is 6.31. The Morgan fingerprint density at radius 3 is 2.65 bits per heavy atom. The maximum atomic E-state index is 14.5. The number of aryl methyl sites for hydroxylation is 1. The number of halogens is 3. The number of carbonyl (C=O) groups is 1. The van der Waals surface area contributed by atoms with Crippen LogP contribution in [-0.4, -0.2) is 32.1 Å². The number of likely N-dealkylation sites (tertiary alicyclic amines) is 1. The Hall–Kier alpha value is -3.52. The Morgan fingerprint density at radius 2 is 1.97 bits per heavy atom. The molecule has 1 fully saturated rings. The fraction of sp³-hybridized carbons (Fsp3) is 0.321. The second-order valence-corrected chi connectivity index (χ2v) is 10.5. The predicted octanol–water partition coefficient (Wildman–Crippen LogP) is 6.56. The maximum Gasteiger partial charge on any atom is 0.228 e. The fourth-order valence-electron chi connectivity index (χ4n) is 4.90. The lowest BCUT2D eigenvalue weighted by atomic mass is 9.92. The monoisotopic (exact) mass is 524 g/mol. The summed E-state index contributed by atoms with van der Waals surface area (Å²) in [4.78, 5) is 19.4. The quantitative estimate of drug-likeness (QED) is 0.286. The minimum atomic E-state index is -0.472. The van der Waals surface area contributed by atoms with Crippen molar-refractivity contribution in [1.29, 1.82) is 0 Å². The van der Waals surface area contributed by atoms with Gasteiger partial charge in [0.25, 0.3) is 0 Å². The van der Waals surface area contributed by atoms with E-state index in [2.05, 4.69) is 10.1 Å². The van der Waals surface area contributed by atoms with Crippen molar-refractivity contribution < 1.29 is 18.3 Å². The number of carbonyl (C=O) groups excluding carboxylic acids is 1. The van der Waals surface area contributed by atoms with Gasteiger partial charge in [-0.15, -0.1) is 0 Å². The lowest BCUT2D eigenvalue weighted by Crippen LogP contribution is -2.33. The molecule has 0 spiro atoms. The molecule has 2 aromatic carbocycles. The normalized spacial score (nSPS) is 16.0. The van der Waals surface area contributed by atoms with Crippen LogP contribution in [0, 0.1) is 24.0 Å². The molecule has 0 aliphatic carbocycles. The van der Waals surface area contributed by atoms with Crippen LogP contribution < -0.4 is 4.74 Å². The molecule has 1 aliphatic rings. The van der Waals surface area contributed by atoms with Gasteiger partial charge in [0.2, 0.25) is 5.91 Å². The Bertz CT molecular complexity index is 1520. The minimum Gasteiger partial charge on any atom is -0.487 e. The fourth-order valence-corrected chi connectivity index (χ4v) is 5.17. The van der Waals surface area contributed by atoms with Crippen molar-refractivity contribution in [2.45, 2.75) is 46.8 Å². The highest BCUT2D eigenvalue weighted by atomic mass is 35.5. The summed E-state index contributed by atoms with van der Waals surface area (Å²) in [6, 6.07) is 9.59. The van der Waals surface area contributed by atoms with Crippen molar-refractivity contribution in [3.8, 4) is 11.4 Å². The summed E-state index contributed by atoms with van der Waals surface area (Å²) < 4.78 is 35.8. The third-order valence-electron chi connectivity index (χ3n) is 7.01. The van der Waals surface area contributed by atoms with Crippen molar-refractivity contribution >= 4 is 28.4 Å². The largest absolute Gasteiger partial charge is 0.487 e. The summed E-state index contributed by atoms with van der Waals surface area (Å²) in [5, 5.41) is 5.05. The molecule has 4 aromatic rings. The molecular weight excluding hydrogens is 498 g/mol. The van der Waals surface area contributed by atoms with Crippen molar-refractivity contribution in [3.63, 3.8) is 0 Å². The van der Waals surface area contributed by atoms with Crippen LogP contribution >= 0.6 is 11.6 Å². The van der Waals surface area contributed by atoms with Gasteiger partial charge in [0, 0.05) is 28.6 Å². The molecule has 1 saturated heterocycles. The topological polar surface area (TPSA) is 60.2 Å². The van der Waals surface area contributed by atoms with Crippen molar-refractivity contribution in [1.82, 2.24) is 19.7 Å². The molecule has 1 amide bonds. The molecule has 1 aliphatic heterocycles. The van der Waals surface area contributed by atoms with E-state index in [9.17, 15) is 13.6 Å². The van der Waals surface area contributed by atoms with Gasteiger partial charge in [-0.2, -0.15) is 5.10 Å². The van der Waals surface area contributed by atoms with Crippen LogP contribution in [0.15, 0.2) is 48.8 Å². The van der Waals surface area contributed by atoms with Gasteiger partial charge in [0.05, 0.1) is 29.1 Å². The number of hydrogen-bond donors (Lipinski definition) is 0. The van der Waals surface area contributed by atoms with Crippen LogP contribution in [0.5, 0.6) is 5.75 Å². The number of pyridine rings is 1. The smallest absolute Gasteiger partial charge is 0.228 e. The standard InChI is InChI=1S/C28H27ClF2N4O2/c1-16-10-24(35-14-19(31)13-32-35)20-6-5-7-25(26(20)33-16)37-15-22-21(11-18(30)12-23(22)29)17(2)34-9-8-28(3,4)27(34)36/h5-7,10-14,17H,8-9,15H2,1-4H3/t17-/m0/s1. The van der Waals surface area contributed by atoms with Crippen LogP contribution in [0.4, 0.5) is 8.78 Å². The van der Waals surface area contributed by atoms with Gasteiger partial charge < -0.3 is 9.64 Å². The van der Waals surface area contributed by atoms with Gasteiger partial charge in [0.15, 0.2) is 5.82 Å². The summed E-state index contributed by atoms with van der Waals surface area (Å²) in [7, 11) is 0. The molecule has 5 rings (SSSR count). The third kappa shape index (κ3) is 4.66. The average Bonchev–Trinajstić information content (AvgIpc) is 3.39. The average molecular weight is 525 g/mol. The highest BCUT2D eigenvalue weighted by Gasteiger charge is 2.41. The summed E-state index contributed by atoms with van der Waals surface area (Å²) in [6.45, 7) is 8.20. The number of aromatic nitrogens is 3. The van der Waals surface area contributed by atoms with Crippen LogP contribution in [0.3, 0.4) is 0 Å². The molecule has 6 nitrogen and oxygen atoms in total. The molecule has 0 saturated carbocycles. The van der Waals surface area contributed by atoms with Gasteiger partial charge >= 0.3 is 0 Å². The first kappa shape index (κ1) is 25.1. The van der Waals surface area contributed by atoms with E-state index in [0.29, 0.717) is 40.3 Å². The summed E-state index contributed by atoms with van der Waals surface area (Å²) in [5.74, 6) is -0.390. The molecule has 1 atom stereocenters. The van der Waals surface area contributed by atoms with Crippen LogP contribution in [0.2, 0.25) is 5.02 Å². The summed E-state index contributed by atoms with van der Waals surface area (Å²) in [5.41, 5.74) is 2.71. The number of benzene rings is 2. The van der Waals surface area contributed by atoms with Crippen LogP contribution in [0.25, 0.3) is 16.6 Å². The number of nitrogens with zero attached hydrogens (tertiary/aromatic N) is 4. The zero-order valence-electron chi connectivity index (χ0n) is 21.1. The number of rotatable bonds is 6. The molecule has 0 radical (unpaired) electrons. The predicted molar refractivity (Wildman–Crippen MR) is 138 cm³/mol. The van der Waals surface area contributed by atoms with Gasteiger partial charge in [-0.25, -0.2) is 18.4 Å². The molecule has 0 N–H and O–H groups in total. The van der Waals surface area contributed by atoms with E-state index in [1.165, 1.54) is 23.0 Å². The Kier molecular flexibility index (Phi) is 6.40. The van der Waals surface area contributed by atoms with E-state index in [1.807, 2.05) is 45.9 Å². The molecule has 3 heterocycles. The van der Waals surface area contributed by atoms with Crippen LogP contribution in [0.1, 0.15) is 50.1 Å². The van der Waals surface area contributed by atoms with Gasteiger partial charge in [0.1, 0.15) is 23.7 Å². The maximum absolute atomic E-state index is 14.5. The van der Waals surface area contributed by atoms with Gasteiger partial charge in [-0.3, -0.25) is 4.79 Å². The number of fused-ring (bicyclic) bond motifs is 1. The molecule has 0 unspecified atom stereocenters. The van der Waals surface area contributed by atoms with E-state index in [4.69, 9.17) is 16.3 Å². The number of ether oxygens (including phenoxy) is 1. The second-order valence-electron chi connectivity index (χ2n) is 10.1. The molecule has 0 bridgehead atoms. The number of hydrogen-bond acceptors (Lipinski definition) is 4. The Labute approximate surface area is 218 Å². The lowest BCUT2D eigenvalue weighted by molar-refractivity contribution is -0.136. The minimum absolute atomic E-state index is 0.0311. The van der Waals surface area contributed by atoms with E-state index >= 15 is 0 Å². The lowest BCUT2D eigenvalue weighted by Gasteiger charge is -2.28. The number of amides is 1. The molecule has 37 heavy (non-hydrogen) atoms. The SMILES string of the molecule is Cc1cc(-n2cc(F)cn2)c2cccc(OCc3c(Cl)cc(F)cc3[C@H](C)N3CCC(C)(C)C3=O)c2n1. The molecular formula is C28H27ClF2N4O2. The van der Waals surface area contributed by atoms with Gasteiger partial charge in [-0.1, -0.05) is 37.6 Å². The number of para-hydroxylation sites is 1. The van der Waals surface area contributed by atoms with Crippen molar-refractivity contribution in [2.24, 2.45) is 5.41 Å². The van der Waals surface area contributed by atoms with E-state index in [0.717, 1.165) is 18.0 Å². The Morgan fingerprint density at radius 1 is 1.19 bits per heavy atom. The highest BCUT2D eigenvalue weighted by Crippen LogP contribution is 2.39. The summed E-state index contributed by atoms with van der Waals surface area (Å²) in [6.07, 6.45) is 3.18. The molecule has 2 aromatic heterocycles. The zero-order valence-corrected chi connectivity index (χ0v) is 21.8. The first-order chi connectivity index (χ1) is 17.5. The molecule has 9 heteroatoms. The van der Waals surface area contributed by atoms with Crippen molar-refractivity contribution in [3.05, 3.63) is 82.3 Å². The Balaban J connectivity index is 1.51. The van der Waals surface area contributed by atoms with Crippen molar-refractivity contribution in [2.75, 3.05) is 6.54 Å². The first-order valence-electron chi connectivity index (χ1n) is 12.1. The van der Waals surface area contributed by atoms with Gasteiger partial charge in [-0.05, 0) is 50.1 Å². The zero-order chi connectivity index (χ0) is 26.5. The van der Waals surface area contributed by atoms with E-state index in [-0.39, 0.29) is 23.6 Å². The second kappa shape index (κ2) is 9.41. The third-order valence-corrected chi connectivity index (χ3v) is 7.35. The molecule has 192 valence electrons. The summed E-state index contributed by atoms with van der Waals surface area (Å²) >= 11 is 6.51. The van der Waals surface area contributed by atoms with E-state index in [1.54, 1.807) is 11.0 Å². The van der Waals surface area contributed by atoms with E-state index < -0.39 is 17.0 Å².